The number of para-hydroxylation sites is 1. The van der Waals surface area contributed by atoms with Crippen LogP contribution in [0.3, 0.4) is 0 Å². The number of hydrogen-bond donors (Lipinski definition) is 0. The van der Waals surface area contributed by atoms with Crippen molar-refractivity contribution in [2.75, 3.05) is 4.90 Å². The predicted molar refractivity (Wildman–Crippen MR) is 240 cm³/mol. The molecule has 4 saturated carbocycles. The highest BCUT2D eigenvalue weighted by atomic mass is 16.3. The highest BCUT2D eigenvalue weighted by molar-refractivity contribution is 6.11. The van der Waals surface area contributed by atoms with E-state index in [4.69, 9.17) is 4.42 Å². The molecule has 0 aliphatic heterocycles. The Labute approximate surface area is 343 Å². The van der Waals surface area contributed by atoms with E-state index in [2.05, 4.69) is 169 Å². The molecule has 0 N–H and O–H groups in total. The van der Waals surface area contributed by atoms with Crippen LogP contribution < -0.4 is 4.90 Å². The average Bonchev–Trinajstić information content (AvgIpc) is 3.95. The van der Waals surface area contributed by atoms with E-state index < -0.39 is 0 Å². The largest absolute Gasteiger partial charge is 0.454 e. The summed E-state index contributed by atoms with van der Waals surface area (Å²) in [7, 11) is 0. The molecule has 2 nitrogen and oxygen atoms in total. The summed E-state index contributed by atoms with van der Waals surface area (Å²) in [6.45, 7) is 16.6. The van der Waals surface area contributed by atoms with Crippen LogP contribution in [0.15, 0.2) is 120 Å². The van der Waals surface area contributed by atoms with Crippen molar-refractivity contribution >= 4 is 39.0 Å². The Hall–Kier alpha value is -5.08. The summed E-state index contributed by atoms with van der Waals surface area (Å²) in [5.41, 5.74) is 20.2. The van der Waals surface area contributed by atoms with Crippen LogP contribution in [0.1, 0.15) is 114 Å². The zero-order valence-corrected chi connectivity index (χ0v) is 35.1. The molecule has 1 aromatic heterocycles. The third-order valence-electron chi connectivity index (χ3n) is 17.3. The van der Waals surface area contributed by atoms with E-state index in [1.807, 2.05) is 0 Å². The number of anilines is 3. The molecule has 0 radical (unpaired) electrons. The fraction of sp³-hybridized carbons (Fsp3) is 0.357. The Morgan fingerprint density at radius 1 is 0.569 bits per heavy atom. The summed E-state index contributed by atoms with van der Waals surface area (Å²) >= 11 is 0. The molecule has 2 atom stereocenters. The third kappa shape index (κ3) is 4.01. The van der Waals surface area contributed by atoms with Crippen molar-refractivity contribution in [1.29, 1.82) is 0 Å². The molecule has 1 heterocycles. The molecule has 2 unspecified atom stereocenters. The molecular formula is C56H53NO. The number of rotatable bonds is 4. The molecule has 0 saturated heterocycles. The second-order valence-electron chi connectivity index (χ2n) is 21.6. The fourth-order valence-electron chi connectivity index (χ4n) is 14.3. The van der Waals surface area contributed by atoms with Crippen LogP contribution in [0.2, 0.25) is 0 Å². The minimum atomic E-state index is -0.146. The number of benzene rings is 6. The van der Waals surface area contributed by atoms with Crippen LogP contribution in [0.4, 0.5) is 17.1 Å². The molecule has 7 aromatic rings. The SMILES string of the molecule is CC(C)(C)c1ccc2c(c1)C(C)(C)c1cc(N(c3ccc4c(c3)C(C)(C)c3ccccc3-4)c3cc(C45CC6CC7CC(C4)C76C5)cc4c3oc3ccccc34)ccc1-2. The van der Waals surface area contributed by atoms with Crippen molar-refractivity contribution in [3.63, 3.8) is 0 Å². The van der Waals surface area contributed by atoms with Gasteiger partial charge in [-0.05, 0) is 164 Å². The molecule has 13 rings (SSSR count). The quantitative estimate of drug-likeness (QED) is 0.178. The van der Waals surface area contributed by atoms with Crippen molar-refractivity contribution in [3.05, 3.63) is 149 Å². The first-order chi connectivity index (χ1) is 27.8. The van der Waals surface area contributed by atoms with Gasteiger partial charge in [-0.1, -0.05) is 121 Å². The molecule has 6 aliphatic rings. The van der Waals surface area contributed by atoms with Crippen molar-refractivity contribution in [3.8, 4) is 22.3 Å². The van der Waals surface area contributed by atoms with Crippen LogP contribution in [0.25, 0.3) is 44.2 Å². The number of nitrogens with zero attached hydrogens (tertiary/aromatic N) is 1. The van der Waals surface area contributed by atoms with Gasteiger partial charge >= 0.3 is 0 Å². The molecule has 2 heteroatoms. The first-order valence-corrected chi connectivity index (χ1v) is 22.1. The molecule has 1 spiro atoms. The Bertz CT molecular complexity index is 2950. The molecule has 2 bridgehead atoms. The van der Waals surface area contributed by atoms with Crippen molar-refractivity contribution < 1.29 is 4.42 Å². The van der Waals surface area contributed by atoms with Gasteiger partial charge in [0.15, 0.2) is 5.58 Å². The van der Waals surface area contributed by atoms with Crippen LogP contribution in [-0.4, -0.2) is 0 Å². The van der Waals surface area contributed by atoms with Gasteiger partial charge in [0.25, 0.3) is 0 Å². The number of furan rings is 1. The molecule has 58 heavy (non-hydrogen) atoms. The predicted octanol–water partition coefficient (Wildman–Crippen LogP) is 15.0. The maximum absolute atomic E-state index is 7.06. The van der Waals surface area contributed by atoms with Crippen molar-refractivity contribution in [2.24, 2.45) is 23.2 Å². The van der Waals surface area contributed by atoms with Gasteiger partial charge in [-0.3, -0.25) is 0 Å². The molecule has 0 amide bonds. The van der Waals surface area contributed by atoms with E-state index in [9.17, 15) is 0 Å². The minimum absolute atomic E-state index is 0.0869. The Kier molecular flexibility index (Phi) is 6.16. The highest BCUT2D eigenvalue weighted by Crippen LogP contribution is 2.84. The maximum Gasteiger partial charge on any atom is 0.159 e. The Balaban J connectivity index is 1.06. The summed E-state index contributed by atoms with van der Waals surface area (Å²) in [5.74, 6) is 2.82. The zero-order valence-electron chi connectivity index (χ0n) is 35.1. The van der Waals surface area contributed by atoms with Gasteiger partial charge in [0.2, 0.25) is 0 Å². The van der Waals surface area contributed by atoms with E-state index in [1.54, 1.807) is 5.56 Å². The highest BCUT2D eigenvalue weighted by Gasteiger charge is 2.77. The lowest BCUT2D eigenvalue weighted by atomic mass is 9.38. The lowest BCUT2D eigenvalue weighted by Gasteiger charge is -2.66. The van der Waals surface area contributed by atoms with E-state index in [1.165, 1.54) is 110 Å². The monoisotopic (exact) mass is 755 g/mol. The van der Waals surface area contributed by atoms with Gasteiger partial charge in [-0.2, -0.15) is 0 Å². The summed E-state index contributed by atoms with van der Waals surface area (Å²) in [6.07, 6.45) is 7.02. The summed E-state index contributed by atoms with van der Waals surface area (Å²) in [6, 6.07) is 44.8. The van der Waals surface area contributed by atoms with Crippen molar-refractivity contribution in [1.82, 2.24) is 0 Å². The fourth-order valence-corrected chi connectivity index (χ4v) is 14.3. The van der Waals surface area contributed by atoms with E-state index in [0.29, 0.717) is 5.41 Å². The average molecular weight is 756 g/mol. The minimum Gasteiger partial charge on any atom is -0.454 e. The smallest absolute Gasteiger partial charge is 0.159 e. The molecule has 6 aliphatic carbocycles. The Morgan fingerprint density at radius 3 is 1.81 bits per heavy atom. The summed E-state index contributed by atoms with van der Waals surface area (Å²) in [5, 5.41) is 2.48. The second-order valence-corrected chi connectivity index (χ2v) is 21.6. The van der Waals surface area contributed by atoms with Gasteiger partial charge in [-0.25, -0.2) is 0 Å². The first kappa shape index (κ1) is 33.8. The van der Waals surface area contributed by atoms with E-state index in [-0.39, 0.29) is 21.7 Å². The van der Waals surface area contributed by atoms with Gasteiger partial charge in [-0.15, -0.1) is 0 Å². The first-order valence-electron chi connectivity index (χ1n) is 22.1. The lowest BCUT2D eigenvalue weighted by molar-refractivity contribution is -0.175. The van der Waals surface area contributed by atoms with Gasteiger partial charge in [0, 0.05) is 33.0 Å². The van der Waals surface area contributed by atoms with Crippen LogP contribution in [0, 0.1) is 23.2 Å². The van der Waals surface area contributed by atoms with Gasteiger partial charge in [0.05, 0.1) is 5.69 Å². The molecular weight excluding hydrogens is 703 g/mol. The molecule has 4 fully saturated rings. The second kappa shape index (κ2) is 10.6. The number of hydrogen-bond acceptors (Lipinski definition) is 2. The van der Waals surface area contributed by atoms with Gasteiger partial charge in [0.1, 0.15) is 5.58 Å². The van der Waals surface area contributed by atoms with Crippen LogP contribution >= 0.6 is 0 Å². The third-order valence-corrected chi connectivity index (χ3v) is 17.3. The van der Waals surface area contributed by atoms with E-state index in [0.717, 1.165) is 28.9 Å². The van der Waals surface area contributed by atoms with Gasteiger partial charge < -0.3 is 9.32 Å². The normalized spacial score (nSPS) is 27.1. The van der Waals surface area contributed by atoms with E-state index >= 15 is 0 Å². The van der Waals surface area contributed by atoms with Crippen LogP contribution in [0.5, 0.6) is 0 Å². The van der Waals surface area contributed by atoms with Crippen LogP contribution in [-0.2, 0) is 21.7 Å². The topological polar surface area (TPSA) is 16.4 Å². The Morgan fingerprint density at radius 2 is 1.16 bits per heavy atom. The number of fused-ring (bicyclic) bond motifs is 10. The van der Waals surface area contributed by atoms with Crippen molar-refractivity contribution in [2.45, 2.75) is 102 Å². The summed E-state index contributed by atoms with van der Waals surface area (Å²) < 4.78 is 7.06. The standard InChI is InChI=1S/C56H53NO/c1-52(2,3)32-16-19-40-42-21-18-38(28-48(42)54(6,7)46(40)25-32)57(37-17-20-41-39-12-8-10-14-45(39)53(4,5)47(41)27-37)49-26-33(24-44-43-13-9-11-15-50(43)58-51(44)49)55-29-35-22-34-23-36(30-55)56(34,35)31-55/h8-21,24-28,34-36H,22-23,29-31H2,1-7H3. The summed E-state index contributed by atoms with van der Waals surface area (Å²) in [4.78, 5) is 2.58. The lowest BCUT2D eigenvalue weighted by Crippen LogP contribution is -2.59. The molecule has 6 aromatic carbocycles. The molecule has 288 valence electrons. The zero-order chi connectivity index (χ0) is 39.3. The maximum atomic E-state index is 7.06.